The summed E-state index contributed by atoms with van der Waals surface area (Å²) in [5.41, 5.74) is 0.791. The average Bonchev–Trinajstić information content (AvgIpc) is 3.42. The van der Waals surface area contributed by atoms with Crippen LogP contribution in [0.3, 0.4) is 0 Å². The van der Waals surface area contributed by atoms with Crippen molar-refractivity contribution in [3.63, 3.8) is 0 Å². The highest BCUT2D eigenvalue weighted by molar-refractivity contribution is 5.89. The number of nitrogens with one attached hydrogen (secondary N) is 1. The van der Waals surface area contributed by atoms with Gasteiger partial charge in [0, 0.05) is 38.0 Å². The Balaban J connectivity index is 1.43. The summed E-state index contributed by atoms with van der Waals surface area (Å²) in [5, 5.41) is 6.71. The summed E-state index contributed by atoms with van der Waals surface area (Å²) >= 11 is 0. The molecule has 1 amide bonds. The van der Waals surface area contributed by atoms with Crippen molar-refractivity contribution in [1.29, 1.82) is 0 Å². The molecule has 0 saturated carbocycles. The predicted molar refractivity (Wildman–Crippen MR) is 90.3 cm³/mol. The third-order valence-electron chi connectivity index (χ3n) is 4.57. The minimum atomic E-state index is -0.372. The van der Waals surface area contributed by atoms with Gasteiger partial charge in [-0.25, -0.2) is 4.98 Å². The van der Waals surface area contributed by atoms with Gasteiger partial charge in [-0.05, 0) is 37.8 Å². The molecule has 2 aliphatic rings. The molecule has 25 heavy (non-hydrogen) atoms. The molecule has 4 heterocycles. The smallest absolute Gasteiger partial charge is 0.316 e. The lowest BCUT2D eigenvalue weighted by Crippen LogP contribution is -2.31. The first-order valence-corrected chi connectivity index (χ1v) is 8.74. The van der Waals surface area contributed by atoms with Gasteiger partial charge in [-0.1, -0.05) is 5.16 Å². The molecule has 0 aliphatic carbocycles. The monoisotopic (exact) mass is 343 g/mol. The van der Waals surface area contributed by atoms with E-state index in [4.69, 9.17) is 9.26 Å². The maximum atomic E-state index is 12.1. The number of carbonyl (C=O) groups excluding carboxylic acids is 1. The minimum absolute atomic E-state index is 0.0347. The molecule has 0 spiro atoms. The third kappa shape index (κ3) is 3.63. The number of aromatic nitrogens is 3. The van der Waals surface area contributed by atoms with Crippen LogP contribution in [0.5, 0.6) is 0 Å². The Morgan fingerprint density at radius 2 is 2.20 bits per heavy atom. The van der Waals surface area contributed by atoms with Crippen LogP contribution in [0.25, 0.3) is 11.4 Å². The molecule has 2 aliphatic heterocycles. The zero-order chi connectivity index (χ0) is 17.1. The highest BCUT2D eigenvalue weighted by Crippen LogP contribution is 2.23. The van der Waals surface area contributed by atoms with Crippen molar-refractivity contribution in [3.8, 4) is 11.4 Å². The van der Waals surface area contributed by atoms with Crippen molar-refractivity contribution in [1.82, 2.24) is 20.4 Å². The van der Waals surface area contributed by atoms with Gasteiger partial charge >= 0.3 is 11.8 Å². The van der Waals surface area contributed by atoms with Gasteiger partial charge in [0.15, 0.2) is 0 Å². The molecule has 8 heteroatoms. The predicted octanol–water partition coefficient (Wildman–Crippen LogP) is 1.64. The topological polar surface area (TPSA) is 93.4 Å². The van der Waals surface area contributed by atoms with Crippen molar-refractivity contribution in [2.75, 3.05) is 31.1 Å². The fourth-order valence-corrected chi connectivity index (χ4v) is 3.20. The number of hydrogen-bond acceptors (Lipinski definition) is 7. The van der Waals surface area contributed by atoms with Crippen LogP contribution in [0, 0.1) is 0 Å². The molecule has 0 radical (unpaired) electrons. The van der Waals surface area contributed by atoms with E-state index in [1.54, 1.807) is 6.20 Å². The zero-order valence-corrected chi connectivity index (χ0v) is 14.0. The molecule has 132 valence electrons. The van der Waals surface area contributed by atoms with Crippen LogP contribution >= 0.6 is 0 Å². The van der Waals surface area contributed by atoms with E-state index in [-0.39, 0.29) is 17.9 Å². The summed E-state index contributed by atoms with van der Waals surface area (Å²) in [6.07, 6.45) is 6.18. The van der Waals surface area contributed by atoms with Crippen molar-refractivity contribution in [3.05, 3.63) is 24.2 Å². The highest BCUT2D eigenvalue weighted by atomic mass is 16.5. The lowest BCUT2D eigenvalue weighted by molar-refractivity contribution is 0.0822. The van der Waals surface area contributed by atoms with E-state index in [2.05, 4.69) is 25.3 Å². The van der Waals surface area contributed by atoms with Gasteiger partial charge in [-0.2, -0.15) is 4.98 Å². The number of pyridine rings is 1. The van der Waals surface area contributed by atoms with Gasteiger partial charge in [0.05, 0.1) is 6.10 Å². The summed E-state index contributed by atoms with van der Waals surface area (Å²) in [6.45, 7) is 3.25. The average molecular weight is 343 g/mol. The van der Waals surface area contributed by atoms with Crippen LogP contribution in [-0.4, -0.2) is 53.4 Å². The molecule has 2 aromatic heterocycles. The quantitative estimate of drug-likeness (QED) is 0.882. The lowest BCUT2D eigenvalue weighted by atomic mass is 10.2. The van der Waals surface area contributed by atoms with Crippen LogP contribution in [-0.2, 0) is 4.74 Å². The number of anilines is 1. The molecule has 4 rings (SSSR count). The molecule has 0 aromatic carbocycles. The Bertz CT molecular complexity index is 735. The molecule has 2 fully saturated rings. The summed E-state index contributed by atoms with van der Waals surface area (Å²) < 4.78 is 10.6. The molecule has 0 bridgehead atoms. The van der Waals surface area contributed by atoms with Crippen LogP contribution in [0.15, 0.2) is 22.9 Å². The maximum Gasteiger partial charge on any atom is 0.316 e. The van der Waals surface area contributed by atoms with E-state index < -0.39 is 0 Å². The fourth-order valence-electron chi connectivity index (χ4n) is 3.20. The molecular weight excluding hydrogens is 322 g/mol. The summed E-state index contributed by atoms with van der Waals surface area (Å²) in [4.78, 5) is 23.0. The van der Waals surface area contributed by atoms with Crippen molar-refractivity contribution in [2.24, 2.45) is 0 Å². The first-order valence-electron chi connectivity index (χ1n) is 8.74. The number of ether oxygens (including phenoxy) is 1. The molecule has 2 aromatic rings. The van der Waals surface area contributed by atoms with Crippen LogP contribution < -0.4 is 10.2 Å². The van der Waals surface area contributed by atoms with E-state index in [0.717, 1.165) is 43.9 Å². The van der Waals surface area contributed by atoms with Crippen LogP contribution in [0.1, 0.15) is 36.4 Å². The Kier molecular flexibility index (Phi) is 4.60. The number of hydrogen-bond donors (Lipinski definition) is 1. The first-order chi connectivity index (χ1) is 12.3. The van der Waals surface area contributed by atoms with E-state index in [1.165, 1.54) is 12.8 Å². The maximum absolute atomic E-state index is 12.1. The lowest BCUT2D eigenvalue weighted by Gasteiger charge is -2.16. The van der Waals surface area contributed by atoms with Crippen molar-refractivity contribution < 1.29 is 14.1 Å². The van der Waals surface area contributed by atoms with Gasteiger partial charge in [-0.3, -0.25) is 4.79 Å². The second-order valence-electron chi connectivity index (χ2n) is 6.37. The highest BCUT2D eigenvalue weighted by Gasteiger charge is 2.21. The molecule has 2 saturated heterocycles. The molecule has 0 unspecified atom stereocenters. The summed E-state index contributed by atoms with van der Waals surface area (Å²) in [7, 11) is 0. The van der Waals surface area contributed by atoms with Gasteiger partial charge in [0.2, 0.25) is 5.82 Å². The summed E-state index contributed by atoms with van der Waals surface area (Å²) in [5.74, 6) is 0.893. The molecule has 1 N–H and O–H groups in total. The standard InChI is InChI=1S/C17H21N5O3/c23-16(19-11-13-4-3-9-24-13)17-20-15(21-25-17)12-5-6-18-14(10-12)22-7-1-2-8-22/h5-6,10,13H,1-4,7-9,11H2,(H,19,23)/t13-/m0/s1. The van der Waals surface area contributed by atoms with Gasteiger partial charge in [0.1, 0.15) is 5.82 Å². The van der Waals surface area contributed by atoms with Gasteiger partial charge in [0.25, 0.3) is 0 Å². The first kappa shape index (κ1) is 16.0. The number of amides is 1. The Morgan fingerprint density at radius 3 is 3.00 bits per heavy atom. The minimum Gasteiger partial charge on any atom is -0.376 e. The van der Waals surface area contributed by atoms with Crippen molar-refractivity contribution >= 4 is 11.7 Å². The molecular formula is C17H21N5O3. The number of nitrogens with zero attached hydrogens (tertiary/aromatic N) is 4. The Hall–Kier alpha value is -2.48. The van der Waals surface area contributed by atoms with E-state index in [9.17, 15) is 4.79 Å². The third-order valence-corrected chi connectivity index (χ3v) is 4.57. The fraction of sp³-hybridized carbons (Fsp3) is 0.529. The largest absolute Gasteiger partial charge is 0.376 e. The van der Waals surface area contributed by atoms with E-state index in [1.807, 2.05) is 12.1 Å². The van der Waals surface area contributed by atoms with Gasteiger partial charge < -0.3 is 19.5 Å². The molecule has 8 nitrogen and oxygen atoms in total. The number of rotatable bonds is 5. The summed E-state index contributed by atoms with van der Waals surface area (Å²) in [6, 6.07) is 3.75. The van der Waals surface area contributed by atoms with Crippen LogP contribution in [0.2, 0.25) is 0 Å². The van der Waals surface area contributed by atoms with E-state index in [0.29, 0.717) is 12.4 Å². The van der Waals surface area contributed by atoms with Gasteiger partial charge in [-0.15, -0.1) is 0 Å². The SMILES string of the molecule is O=C(NC[C@@H]1CCCO1)c1nc(-c2ccnc(N3CCCC3)c2)no1. The number of carbonyl (C=O) groups is 1. The second-order valence-corrected chi connectivity index (χ2v) is 6.37. The normalized spacial score (nSPS) is 20.2. The second kappa shape index (κ2) is 7.18. The van der Waals surface area contributed by atoms with E-state index >= 15 is 0 Å². The molecule has 1 atom stereocenters. The van der Waals surface area contributed by atoms with Crippen molar-refractivity contribution in [2.45, 2.75) is 31.8 Å². The Morgan fingerprint density at radius 1 is 1.32 bits per heavy atom. The zero-order valence-electron chi connectivity index (χ0n) is 14.0. The van der Waals surface area contributed by atoms with Crippen LogP contribution in [0.4, 0.5) is 5.82 Å². The Labute approximate surface area is 145 Å².